The van der Waals surface area contributed by atoms with Crippen LogP contribution in [-0.4, -0.2) is 37.7 Å². The van der Waals surface area contributed by atoms with E-state index < -0.39 is 0 Å². The Kier molecular flexibility index (Phi) is 140. The molecule has 0 aliphatic carbocycles. The van der Waals surface area contributed by atoms with Crippen molar-refractivity contribution in [1.29, 1.82) is 0 Å². The van der Waals surface area contributed by atoms with E-state index >= 15 is 0 Å². The molecule has 0 rings (SSSR count). The van der Waals surface area contributed by atoms with Gasteiger partial charge in [0.15, 0.2) is 0 Å². The molecule has 0 saturated heterocycles. The molecule has 4 heteroatoms. The molecular weight excluding hydrogens is 218 g/mol. The first-order chi connectivity index (χ1) is 0. The molecule has 0 unspecified atom stereocenters. The molecule has 0 spiro atoms. The summed E-state index contributed by atoms with van der Waals surface area (Å²) >= 11 is 0. The van der Waals surface area contributed by atoms with Crippen LogP contribution in [0.5, 0.6) is 0 Å². The summed E-state index contributed by atoms with van der Waals surface area (Å²) < 4.78 is 0. The second-order valence-electron chi connectivity index (χ2n) is 0. The molecule has 0 fully saturated rings. The summed E-state index contributed by atoms with van der Waals surface area (Å²) in [5.74, 6) is 0. The molecule has 24 valence electrons. The van der Waals surface area contributed by atoms with Crippen LogP contribution in [0.1, 0.15) is 0 Å². The van der Waals surface area contributed by atoms with Gasteiger partial charge in [-0.25, -0.2) is 0 Å². The quantitative estimate of drug-likeness (QED) is 0.480. The zero-order valence-corrected chi connectivity index (χ0v) is 4.46. The summed E-state index contributed by atoms with van der Waals surface area (Å²) in [4.78, 5) is 0. The van der Waals surface area contributed by atoms with Crippen molar-refractivity contribution < 1.29 is 51.2 Å². The minimum atomic E-state index is 0. The summed E-state index contributed by atoms with van der Waals surface area (Å²) in [5.41, 5.74) is 0. The van der Waals surface area contributed by atoms with Gasteiger partial charge in [0.2, 0.25) is 0 Å². The number of rotatable bonds is 0. The predicted molar refractivity (Wildman–Crippen MR) is 13.5 cm³/mol. The van der Waals surface area contributed by atoms with Crippen LogP contribution in [0.3, 0.4) is 0 Å². The fourth-order valence-electron chi connectivity index (χ4n) is 0. The van der Waals surface area contributed by atoms with Crippen LogP contribution in [0, 0.1) is 41.7 Å². The van der Waals surface area contributed by atoms with Gasteiger partial charge in [-0.2, -0.15) is 0 Å². The Morgan fingerprint density at radius 1 is 0.750 bits per heavy atom. The monoisotopic (exact) mass is 222 g/mol. The summed E-state index contributed by atoms with van der Waals surface area (Å²) in [5, 5.41) is 0. The molecule has 0 saturated carbocycles. The average molecular weight is 222 g/mol. The van der Waals surface area contributed by atoms with Gasteiger partial charge in [0.05, 0.1) is 0 Å². The topological polar surface area (TPSA) is 0 Å². The molecule has 0 amide bonds. The van der Waals surface area contributed by atoms with Gasteiger partial charge in [-0.15, -0.1) is 0 Å². The van der Waals surface area contributed by atoms with E-state index in [1.54, 1.807) is 0 Å². The van der Waals surface area contributed by atoms with Crippen LogP contribution in [-0.2, 0) is 0 Å². The normalized spacial score (nSPS) is 0. The fraction of sp³-hybridized carbons (Fsp3) is 0. The first-order valence-corrected chi connectivity index (χ1v) is 0. The van der Waals surface area contributed by atoms with E-state index in [1.165, 1.54) is 0 Å². The Balaban J connectivity index is 0. The maximum atomic E-state index is 0. The standard InChI is InChI=1S/Ca.Ce.2FH.2H/h;;2*1H;;. The maximum Gasteiger partial charge on any atom is 0 e. The number of hydrogen-bond acceptors (Lipinski definition) is 0. The third kappa shape index (κ3) is 8.82. The largest absolute Gasteiger partial charge is 0 e. The molecule has 0 heterocycles. The minimum Gasteiger partial charge on any atom is 0 e. The van der Waals surface area contributed by atoms with Crippen LogP contribution in [0.4, 0.5) is 9.41 Å². The fourth-order valence-corrected chi connectivity index (χ4v) is 0. The third-order valence-corrected chi connectivity index (χ3v) is 0. The second kappa shape index (κ2) is 17.8. The Hall–Kier alpha value is 2.50. The Labute approximate surface area is 86.8 Å². The minimum absolute atomic E-state index is 0. The van der Waals surface area contributed by atoms with Gasteiger partial charge < -0.3 is 0 Å². The summed E-state index contributed by atoms with van der Waals surface area (Å²) in [6, 6.07) is 0. The van der Waals surface area contributed by atoms with Crippen LogP contribution in [0.25, 0.3) is 0 Å². The van der Waals surface area contributed by atoms with E-state index in [-0.39, 0.29) is 88.9 Å². The molecule has 0 atom stereocenters. The molecule has 0 aliphatic heterocycles. The van der Waals surface area contributed by atoms with E-state index in [0.29, 0.717) is 0 Å². The zero-order valence-electron chi connectivity index (χ0n) is 1.32. The van der Waals surface area contributed by atoms with Crippen LogP contribution < -0.4 is 0 Å². The van der Waals surface area contributed by atoms with Gasteiger partial charge in [-0.1, -0.05) is 0 Å². The smallest absolute Gasteiger partial charge is 0 e. The van der Waals surface area contributed by atoms with E-state index in [9.17, 15) is 0 Å². The van der Waals surface area contributed by atoms with Gasteiger partial charge >= 0.3 is 37.7 Å². The van der Waals surface area contributed by atoms with E-state index in [2.05, 4.69) is 0 Å². The predicted octanol–water partition coefficient (Wildman–Crippen LogP) is -0.611. The second-order valence-corrected chi connectivity index (χ2v) is 0. The number of hydrogen-bond donors (Lipinski definition) is 0. The maximum absolute atomic E-state index is 0. The van der Waals surface area contributed by atoms with Crippen molar-refractivity contribution >= 4 is 37.7 Å². The molecule has 4 heavy (non-hydrogen) atoms. The molecule has 0 radical (unpaired) electrons. The van der Waals surface area contributed by atoms with Crippen LogP contribution in [0.15, 0.2) is 0 Å². The van der Waals surface area contributed by atoms with Gasteiger partial charge in [0, 0.05) is 41.7 Å². The molecule has 0 aromatic heterocycles. The van der Waals surface area contributed by atoms with Crippen molar-refractivity contribution in [3.05, 3.63) is 0 Å². The van der Waals surface area contributed by atoms with Crippen molar-refractivity contribution in [3.63, 3.8) is 0 Å². The van der Waals surface area contributed by atoms with Gasteiger partial charge in [0.25, 0.3) is 0 Å². The van der Waals surface area contributed by atoms with Crippen molar-refractivity contribution in [1.82, 2.24) is 0 Å². The van der Waals surface area contributed by atoms with Crippen molar-refractivity contribution in [2.24, 2.45) is 0 Å². The van der Waals surface area contributed by atoms with Crippen molar-refractivity contribution in [2.75, 3.05) is 0 Å². The average Bonchev–Trinajstić information content (AvgIpc) is 0. The van der Waals surface area contributed by atoms with Gasteiger partial charge in [0.1, 0.15) is 0 Å². The van der Waals surface area contributed by atoms with E-state index in [0.717, 1.165) is 0 Å². The molecule has 0 aromatic carbocycles. The summed E-state index contributed by atoms with van der Waals surface area (Å²) in [6.45, 7) is 0. The molecule has 0 bridgehead atoms. The molecular formula is H4CaCeF2. The van der Waals surface area contributed by atoms with Crippen LogP contribution in [0.2, 0.25) is 0 Å². The Bertz CT molecular complexity index is 6.00. The van der Waals surface area contributed by atoms with Crippen molar-refractivity contribution in [3.8, 4) is 0 Å². The number of halogens is 2. The van der Waals surface area contributed by atoms with E-state index in [1.807, 2.05) is 0 Å². The van der Waals surface area contributed by atoms with Gasteiger partial charge in [-0.3, -0.25) is 9.41 Å². The van der Waals surface area contributed by atoms with Gasteiger partial charge in [-0.05, 0) is 0 Å². The zero-order chi connectivity index (χ0) is 0. The molecule has 0 aromatic rings. The summed E-state index contributed by atoms with van der Waals surface area (Å²) in [6.07, 6.45) is 0. The first kappa shape index (κ1) is 31.5. The Morgan fingerprint density at radius 3 is 0.750 bits per heavy atom. The summed E-state index contributed by atoms with van der Waals surface area (Å²) in [7, 11) is 0. The Morgan fingerprint density at radius 2 is 0.750 bits per heavy atom. The molecule has 0 nitrogen and oxygen atoms in total. The first-order valence-electron chi connectivity index (χ1n) is 0. The SMILES string of the molecule is F.F.[CaH2].[Ce]. The third-order valence-electron chi connectivity index (χ3n) is 0. The molecule has 0 aliphatic rings. The van der Waals surface area contributed by atoms with Crippen LogP contribution >= 0.6 is 0 Å². The molecule has 0 N–H and O–H groups in total. The van der Waals surface area contributed by atoms with Crippen molar-refractivity contribution in [2.45, 2.75) is 0 Å². The van der Waals surface area contributed by atoms with E-state index in [4.69, 9.17) is 0 Å².